The molecule has 0 saturated heterocycles. The number of aliphatic imine (C=N–C) groups is 1. The Labute approximate surface area is 172 Å². The molecule has 0 bridgehead atoms. The molecule has 2 amide bonds. The lowest BCUT2D eigenvalue weighted by Gasteiger charge is -2.25. The van der Waals surface area contributed by atoms with E-state index in [2.05, 4.69) is 5.32 Å². The summed E-state index contributed by atoms with van der Waals surface area (Å²) in [5.41, 5.74) is 1.49. The lowest BCUT2D eigenvalue weighted by atomic mass is 10.2. The third kappa shape index (κ3) is 5.73. The molecule has 3 rings (SSSR count). The highest BCUT2D eigenvalue weighted by Crippen LogP contribution is 2.24. The average Bonchev–Trinajstić information content (AvgIpc) is 3.01. The molecule has 0 fully saturated rings. The third-order valence-electron chi connectivity index (χ3n) is 4.64. The first kappa shape index (κ1) is 20.7. The molecular formula is C23H29N3O3. The van der Waals surface area contributed by atoms with Crippen molar-refractivity contribution in [3.05, 3.63) is 48.5 Å². The van der Waals surface area contributed by atoms with E-state index in [9.17, 15) is 4.79 Å². The van der Waals surface area contributed by atoms with Crippen molar-refractivity contribution in [1.29, 1.82) is 0 Å². The van der Waals surface area contributed by atoms with Crippen LogP contribution in [0.5, 0.6) is 11.5 Å². The van der Waals surface area contributed by atoms with E-state index in [-0.39, 0.29) is 6.03 Å². The van der Waals surface area contributed by atoms with Crippen LogP contribution in [0.25, 0.3) is 0 Å². The molecule has 154 valence electrons. The number of hydrogen-bond donors (Lipinski definition) is 1. The van der Waals surface area contributed by atoms with E-state index in [0.717, 1.165) is 55.3 Å². The lowest BCUT2D eigenvalue weighted by Crippen LogP contribution is -2.40. The maximum Gasteiger partial charge on any atom is 0.331 e. The van der Waals surface area contributed by atoms with E-state index >= 15 is 0 Å². The van der Waals surface area contributed by atoms with Crippen molar-refractivity contribution in [3.8, 4) is 11.5 Å². The van der Waals surface area contributed by atoms with Crippen LogP contribution in [0.2, 0.25) is 0 Å². The summed E-state index contributed by atoms with van der Waals surface area (Å²) in [6.45, 7) is 5.85. The highest BCUT2D eigenvalue weighted by atomic mass is 16.5. The molecule has 0 aromatic heterocycles. The number of benzene rings is 2. The number of nitrogens with one attached hydrogen (secondary N) is 1. The van der Waals surface area contributed by atoms with Gasteiger partial charge in [-0.25, -0.2) is 4.79 Å². The van der Waals surface area contributed by atoms with Gasteiger partial charge in [-0.2, -0.15) is 0 Å². The largest absolute Gasteiger partial charge is 0.494 e. The molecule has 0 saturated carbocycles. The number of rotatable bonds is 6. The number of ether oxygens (including phenoxy) is 2. The van der Waals surface area contributed by atoms with Gasteiger partial charge in [-0.15, -0.1) is 0 Å². The zero-order valence-corrected chi connectivity index (χ0v) is 17.2. The molecule has 2 aromatic rings. The molecule has 29 heavy (non-hydrogen) atoms. The van der Waals surface area contributed by atoms with Gasteiger partial charge in [-0.05, 0) is 75.2 Å². The van der Waals surface area contributed by atoms with Crippen molar-refractivity contribution in [2.75, 3.05) is 30.0 Å². The normalized spacial score (nSPS) is 13.8. The first-order valence-electron chi connectivity index (χ1n) is 10.3. The minimum absolute atomic E-state index is 0.223. The minimum Gasteiger partial charge on any atom is -0.494 e. The lowest BCUT2D eigenvalue weighted by molar-refractivity contribution is 0.259. The molecule has 1 N–H and O–H groups in total. The zero-order valence-electron chi connectivity index (χ0n) is 17.2. The van der Waals surface area contributed by atoms with Crippen molar-refractivity contribution in [2.45, 2.75) is 39.5 Å². The van der Waals surface area contributed by atoms with Crippen LogP contribution in [-0.4, -0.2) is 31.6 Å². The van der Waals surface area contributed by atoms with Crippen molar-refractivity contribution in [3.63, 3.8) is 0 Å². The zero-order chi connectivity index (χ0) is 20.5. The smallest absolute Gasteiger partial charge is 0.331 e. The fourth-order valence-electron chi connectivity index (χ4n) is 3.26. The molecule has 0 aliphatic carbocycles. The van der Waals surface area contributed by atoms with Crippen molar-refractivity contribution in [1.82, 2.24) is 0 Å². The van der Waals surface area contributed by atoms with Gasteiger partial charge in [0.05, 0.1) is 18.9 Å². The Morgan fingerprint density at radius 3 is 2.17 bits per heavy atom. The summed E-state index contributed by atoms with van der Waals surface area (Å²) in [5, 5.41) is 2.99. The highest BCUT2D eigenvalue weighted by molar-refractivity contribution is 6.20. The Kier molecular flexibility index (Phi) is 7.50. The Bertz CT molecular complexity index is 816. The molecular weight excluding hydrogens is 366 g/mol. The summed E-state index contributed by atoms with van der Waals surface area (Å²) in [6, 6.07) is 14.7. The number of hydrogen-bond acceptors (Lipinski definition) is 4. The van der Waals surface area contributed by atoms with Crippen molar-refractivity contribution < 1.29 is 14.3 Å². The molecule has 1 heterocycles. The van der Waals surface area contributed by atoms with E-state index < -0.39 is 0 Å². The second-order valence-electron chi connectivity index (χ2n) is 6.76. The van der Waals surface area contributed by atoms with Gasteiger partial charge in [0.2, 0.25) is 0 Å². The fraction of sp³-hybridized carbons (Fsp3) is 0.391. The van der Waals surface area contributed by atoms with Crippen LogP contribution in [0.4, 0.5) is 16.2 Å². The van der Waals surface area contributed by atoms with Gasteiger partial charge < -0.3 is 14.8 Å². The van der Waals surface area contributed by atoms with Crippen LogP contribution >= 0.6 is 0 Å². The highest BCUT2D eigenvalue weighted by Gasteiger charge is 2.22. The average molecular weight is 396 g/mol. The summed E-state index contributed by atoms with van der Waals surface area (Å²) in [4.78, 5) is 19.6. The number of urea groups is 1. The number of anilines is 2. The molecule has 0 spiro atoms. The molecule has 6 heteroatoms. The first-order chi connectivity index (χ1) is 14.2. The van der Waals surface area contributed by atoms with Crippen LogP contribution < -0.4 is 19.7 Å². The summed E-state index contributed by atoms with van der Waals surface area (Å²) in [5.74, 6) is 2.36. The van der Waals surface area contributed by atoms with Crippen LogP contribution in [0.15, 0.2) is 53.5 Å². The number of nitrogens with zero attached hydrogens (tertiary/aromatic N) is 2. The molecule has 1 aliphatic rings. The van der Waals surface area contributed by atoms with Crippen molar-refractivity contribution >= 4 is 23.2 Å². The molecule has 6 nitrogen and oxygen atoms in total. The summed E-state index contributed by atoms with van der Waals surface area (Å²) in [7, 11) is 0. The standard InChI is InChI=1S/C23H29N3O3/c1-3-28-20-13-9-18(10-14-20)25-23(27)26(22-8-6-5-7-17-24-22)19-11-15-21(16-12-19)29-4-2/h9-16H,3-8,17H2,1-2H3,(H,25,27). The minimum atomic E-state index is -0.223. The van der Waals surface area contributed by atoms with Gasteiger partial charge in [0.15, 0.2) is 0 Å². The van der Waals surface area contributed by atoms with E-state index in [1.54, 1.807) is 4.90 Å². The van der Waals surface area contributed by atoms with Crippen LogP contribution in [0.1, 0.15) is 39.5 Å². The van der Waals surface area contributed by atoms with Crippen LogP contribution in [0, 0.1) is 0 Å². The monoisotopic (exact) mass is 395 g/mol. The van der Waals surface area contributed by atoms with Gasteiger partial charge in [0.1, 0.15) is 17.3 Å². The molecule has 0 unspecified atom stereocenters. The number of carbonyl (C=O) groups is 1. The molecule has 0 radical (unpaired) electrons. The fourth-order valence-corrected chi connectivity index (χ4v) is 3.26. The number of carbonyl (C=O) groups excluding carboxylic acids is 1. The Balaban J connectivity index is 1.83. The topological polar surface area (TPSA) is 63.2 Å². The maximum absolute atomic E-state index is 13.2. The maximum atomic E-state index is 13.2. The van der Waals surface area contributed by atoms with E-state index in [1.165, 1.54) is 0 Å². The second-order valence-corrected chi connectivity index (χ2v) is 6.76. The second kappa shape index (κ2) is 10.5. The Hall–Kier alpha value is -3.02. The van der Waals surface area contributed by atoms with Crippen molar-refractivity contribution in [2.24, 2.45) is 4.99 Å². The third-order valence-corrected chi connectivity index (χ3v) is 4.64. The summed E-state index contributed by atoms with van der Waals surface area (Å²) >= 11 is 0. The van der Waals surface area contributed by atoms with Gasteiger partial charge in [-0.3, -0.25) is 9.89 Å². The first-order valence-corrected chi connectivity index (χ1v) is 10.3. The summed E-state index contributed by atoms with van der Waals surface area (Å²) in [6.07, 6.45) is 4.00. The SMILES string of the molecule is CCOc1ccc(NC(=O)N(C2=NCCCCC2)c2ccc(OCC)cc2)cc1. The Morgan fingerprint density at radius 2 is 1.55 bits per heavy atom. The molecule has 2 aromatic carbocycles. The van der Waals surface area contributed by atoms with E-state index in [4.69, 9.17) is 14.5 Å². The quantitative estimate of drug-likeness (QED) is 0.703. The Morgan fingerprint density at radius 1 is 0.931 bits per heavy atom. The van der Waals surface area contributed by atoms with E-state index in [0.29, 0.717) is 18.9 Å². The van der Waals surface area contributed by atoms with Gasteiger partial charge in [0.25, 0.3) is 0 Å². The summed E-state index contributed by atoms with van der Waals surface area (Å²) < 4.78 is 11.0. The van der Waals surface area contributed by atoms with Gasteiger partial charge in [-0.1, -0.05) is 6.42 Å². The van der Waals surface area contributed by atoms with E-state index in [1.807, 2.05) is 62.4 Å². The molecule has 0 atom stereocenters. The number of amidine groups is 1. The van der Waals surface area contributed by atoms with Gasteiger partial charge >= 0.3 is 6.03 Å². The number of amides is 2. The van der Waals surface area contributed by atoms with Crippen LogP contribution in [-0.2, 0) is 0 Å². The van der Waals surface area contributed by atoms with Crippen LogP contribution in [0.3, 0.4) is 0 Å². The predicted molar refractivity (Wildman–Crippen MR) is 117 cm³/mol. The van der Waals surface area contributed by atoms with Gasteiger partial charge in [0, 0.05) is 18.7 Å². The predicted octanol–water partition coefficient (Wildman–Crippen LogP) is 5.50. The molecule has 1 aliphatic heterocycles.